The topological polar surface area (TPSA) is 131 Å². The van der Waals surface area contributed by atoms with Crippen LogP contribution in [-0.4, -0.2) is 16.4 Å². The number of nitriles is 1. The van der Waals surface area contributed by atoms with E-state index < -0.39 is 0 Å². The molecule has 8 heteroatoms. The van der Waals surface area contributed by atoms with Crippen LogP contribution in [0.1, 0.15) is 42.4 Å². The average Bonchev–Trinajstić information content (AvgIpc) is 3.22. The zero-order chi connectivity index (χ0) is 19.1. The number of amides is 1. The first-order valence-corrected chi connectivity index (χ1v) is 8.88. The fourth-order valence-corrected chi connectivity index (χ4v) is 3.58. The Labute approximate surface area is 154 Å². The third-order valence-corrected chi connectivity index (χ3v) is 5.42. The molecule has 0 aliphatic carbocycles. The van der Waals surface area contributed by atoms with Crippen LogP contribution in [0.15, 0.2) is 22.8 Å². The monoisotopic (exact) mass is 369 g/mol. The highest BCUT2D eigenvalue weighted by Gasteiger charge is 2.27. The Hall–Kier alpha value is -3.05. The number of nitrogens with one attached hydrogen (secondary N) is 1. The van der Waals surface area contributed by atoms with Crippen LogP contribution in [-0.2, 0) is 0 Å². The van der Waals surface area contributed by atoms with Gasteiger partial charge in [0.05, 0.1) is 17.5 Å². The molecule has 3 rings (SSSR count). The van der Waals surface area contributed by atoms with Gasteiger partial charge in [-0.15, -0.1) is 11.3 Å². The maximum atomic E-state index is 12.7. The quantitative estimate of drug-likeness (QED) is 0.645. The molecule has 0 aliphatic heterocycles. The number of carbonyl (C=O) groups excluding carboxylic acids is 1. The number of fused-ring (bicyclic) bond motifs is 1. The molecule has 0 fully saturated rings. The highest BCUT2D eigenvalue weighted by atomic mass is 32.1. The molecule has 0 bridgehead atoms. The van der Waals surface area contributed by atoms with E-state index in [1.165, 1.54) is 6.26 Å². The fraction of sp³-hybridized carbons (Fsp3) is 0.278. The molecule has 7 nitrogen and oxygen atoms in total. The van der Waals surface area contributed by atoms with Gasteiger partial charge >= 0.3 is 0 Å². The first-order valence-electron chi connectivity index (χ1n) is 8.07. The lowest BCUT2D eigenvalue weighted by Gasteiger charge is -2.24. The number of rotatable bonds is 4. The van der Waals surface area contributed by atoms with Gasteiger partial charge in [0.15, 0.2) is 0 Å². The van der Waals surface area contributed by atoms with Crippen LogP contribution >= 0.6 is 11.3 Å². The van der Waals surface area contributed by atoms with Crippen molar-refractivity contribution in [3.8, 4) is 17.4 Å². The number of nitrogen functional groups attached to an aromatic ring is 2. The molecule has 5 N–H and O–H groups in total. The van der Waals surface area contributed by atoms with Crippen molar-refractivity contribution in [1.29, 1.82) is 5.26 Å². The number of furan rings is 1. The summed E-state index contributed by atoms with van der Waals surface area (Å²) in [7, 11) is 0. The smallest absolute Gasteiger partial charge is 0.263 e. The highest BCUT2D eigenvalue weighted by molar-refractivity contribution is 7.21. The third-order valence-electron chi connectivity index (χ3n) is 4.33. The van der Waals surface area contributed by atoms with Gasteiger partial charge in [0.1, 0.15) is 32.9 Å². The summed E-state index contributed by atoms with van der Waals surface area (Å²) in [6.45, 7) is 5.87. The van der Waals surface area contributed by atoms with Gasteiger partial charge in [-0.1, -0.05) is 6.92 Å². The first-order chi connectivity index (χ1) is 12.3. The zero-order valence-corrected chi connectivity index (χ0v) is 15.5. The number of pyridine rings is 1. The van der Waals surface area contributed by atoms with Crippen LogP contribution in [0.2, 0.25) is 0 Å². The second-order valence-electron chi connectivity index (χ2n) is 6.55. The SMILES string of the molecule is CCC(C)(C)NC(=O)c1sc2nc(N)c(C#N)c(-c3ccco3)c2c1N. The van der Waals surface area contributed by atoms with Crippen LogP contribution in [0.25, 0.3) is 21.5 Å². The van der Waals surface area contributed by atoms with Crippen molar-refractivity contribution in [3.05, 3.63) is 28.8 Å². The molecule has 0 radical (unpaired) electrons. The zero-order valence-electron chi connectivity index (χ0n) is 14.7. The predicted molar refractivity (Wildman–Crippen MR) is 103 cm³/mol. The van der Waals surface area contributed by atoms with E-state index in [2.05, 4.69) is 16.4 Å². The summed E-state index contributed by atoms with van der Waals surface area (Å²) in [5.41, 5.74) is 12.8. The third kappa shape index (κ3) is 2.86. The molecular weight excluding hydrogens is 350 g/mol. The Balaban J connectivity index is 2.26. The van der Waals surface area contributed by atoms with Gasteiger partial charge < -0.3 is 21.2 Å². The summed E-state index contributed by atoms with van der Waals surface area (Å²) in [5, 5.41) is 13.0. The molecular formula is C18H19N5O2S. The van der Waals surface area contributed by atoms with Crippen molar-refractivity contribution in [2.24, 2.45) is 0 Å². The average molecular weight is 369 g/mol. The van der Waals surface area contributed by atoms with Gasteiger partial charge in [0, 0.05) is 10.9 Å². The minimum atomic E-state index is -0.367. The summed E-state index contributed by atoms with van der Waals surface area (Å²) in [6, 6.07) is 5.48. The lowest BCUT2D eigenvalue weighted by atomic mass is 10.0. The number of nitrogens with two attached hydrogens (primary N) is 2. The maximum Gasteiger partial charge on any atom is 0.263 e. The Kier molecular flexibility index (Phi) is 4.34. The van der Waals surface area contributed by atoms with Crippen LogP contribution in [0.5, 0.6) is 0 Å². The number of hydrogen-bond acceptors (Lipinski definition) is 7. The Bertz CT molecular complexity index is 1030. The molecule has 134 valence electrons. The van der Waals surface area contributed by atoms with E-state index in [9.17, 15) is 10.1 Å². The van der Waals surface area contributed by atoms with Crippen molar-refractivity contribution in [2.75, 3.05) is 11.5 Å². The second-order valence-corrected chi connectivity index (χ2v) is 7.55. The van der Waals surface area contributed by atoms with Gasteiger partial charge in [0.2, 0.25) is 0 Å². The van der Waals surface area contributed by atoms with E-state index in [-0.39, 0.29) is 28.5 Å². The molecule has 0 spiro atoms. The summed E-state index contributed by atoms with van der Waals surface area (Å²) in [4.78, 5) is 17.8. The number of aromatic nitrogens is 1. The largest absolute Gasteiger partial charge is 0.464 e. The van der Waals surface area contributed by atoms with E-state index >= 15 is 0 Å². The number of hydrogen-bond donors (Lipinski definition) is 3. The van der Waals surface area contributed by atoms with Crippen LogP contribution in [0.3, 0.4) is 0 Å². The Morgan fingerprint density at radius 1 is 1.46 bits per heavy atom. The fourth-order valence-electron chi connectivity index (χ4n) is 2.57. The molecule has 0 aromatic carbocycles. The number of nitrogens with zero attached hydrogens (tertiary/aromatic N) is 2. The van der Waals surface area contributed by atoms with E-state index in [4.69, 9.17) is 15.9 Å². The van der Waals surface area contributed by atoms with Crippen LogP contribution in [0.4, 0.5) is 11.5 Å². The molecule has 0 saturated heterocycles. The lowest BCUT2D eigenvalue weighted by molar-refractivity contribution is 0.0916. The molecule has 3 aromatic rings. The van der Waals surface area contributed by atoms with Crippen LogP contribution in [0, 0.1) is 11.3 Å². The van der Waals surface area contributed by atoms with E-state index in [1.54, 1.807) is 12.1 Å². The molecule has 0 atom stereocenters. The van der Waals surface area contributed by atoms with E-state index in [1.807, 2.05) is 20.8 Å². The predicted octanol–water partition coefficient (Wildman–Crippen LogP) is 3.51. The maximum absolute atomic E-state index is 12.7. The highest BCUT2D eigenvalue weighted by Crippen LogP contribution is 2.42. The second kappa shape index (κ2) is 6.35. The molecule has 0 aliphatic rings. The number of carbonyl (C=O) groups is 1. The summed E-state index contributed by atoms with van der Waals surface area (Å²) < 4.78 is 5.46. The molecule has 0 unspecified atom stereocenters. The van der Waals surface area contributed by atoms with Crippen molar-refractivity contribution in [1.82, 2.24) is 10.3 Å². The lowest BCUT2D eigenvalue weighted by Crippen LogP contribution is -2.42. The van der Waals surface area contributed by atoms with Crippen molar-refractivity contribution in [3.63, 3.8) is 0 Å². The molecule has 3 heterocycles. The van der Waals surface area contributed by atoms with Gasteiger partial charge in [-0.05, 0) is 32.4 Å². The minimum Gasteiger partial charge on any atom is -0.464 e. The molecule has 0 saturated carbocycles. The normalized spacial score (nSPS) is 11.5. The Morgan fingerprint density at radius 3 is 2.77 bits per heavy atom. The molecule has 26 heavy (non-hydrogen) atoms. The molecule has 3 aromatic heterocycles. The van der Waals surface area contributed by atoms with Gasteiger partial charge in [0.25, 0.3) is 5.91 Å². The van der Waals surface area contributed by atoms with Gasteiger partial charge in [-0.2, -0.15) is 5.26 Å². The van der Waals surface area contributed by atoms with Crippen molar-refractivity contribution >= 4 is 39.0 Å². The minimum absolute atomic E-state index is 0.0773. The number of thiophene rings is 1. The standard InChI is InChI=1S/C18H19N5O2S/c1-4-18(2,3)23-16(24)14-13(20)12-11(10-6-5-7-25-10)9(8-19)15(21)22-17(12)26-14/h5-7H,4,20H2,1-3H3,(H2,21,22)(H,23,24). The summed E-state index contributed by atoms with van der Waals surface area (Å²) >= 11 is 1.15. The summed E-state index contributed by atoms with van der Waals surface area (Å²) in [6.07, 6.45) is 2.27. The van der Waals surface area contributed by atoms with E-state index in [0.717, 1.165) is 17.8 Å². The number of anilines is 2. The van der Waals surface area contributed by atoms with Crippen molar-refractivity contribution < 1.29 is 9.21 Å². The van der Waals surface area contributed by atoms with Crippen molar-refractivity contribution in [2.45, 2.75) is 32.7 Å². The summed E-state index contributed by atoms with van der Waals surface area (Å²) in [5.74, 6) is 0.249. The van der Waals surface area contributed by atoms with Crippen LogP contribution < -0.4 is 16.8 Å². The Morgan fingerprint density at radius 2 is 2.19 bits per heavy atom. The van der Waals surface area contributed by atoms with Gasteiger partial charge in [-0.25, -0.2) is 4.98 Å². The first kappa shape index (κ1) is 17.8. The van der Waals surface area contributed by atoms with E-state index in [0.29, 0.717) is 26.4 Å². The molecule has 1 amide bonds. The van der Waals surface area contributed by atoms with Gasteiger partial charge in [-0.3, -0.25) is 4.79 Å².